The lowest BCUT2D eigenvalue weighted by Crippen LogP contribution is -2.37. The van der Waals surface area contributed by atoms with Crippen LogP contribution >= 0.6 is 0 Å². The highest BCUT2D eigenvalue weighted by Crippen LogP contribution is 2.26. The summed E-state index contributed by atoms with van der Waals surface area (Å²) < 4.78 is 46.4. The smallest absolute Gasteiger partial charge is 0.406 e. The van der Waals surface area contributed by atoms with Gasteiger partial charge < -0.3 is 19.9 Å². The first-order valence-corrected chi connectivity index (χ1v) is 8.33. The summed E-state index contributed by atoms with van der Waals surface area (Å²) in [5, 5.41) is 12.8. The largest absolute Gasteiger partial charge is 0.573 e. The maximum atomic E-state index is 12.4. The molecule has 5 nitrogen and oxygen atoms in total. The van der Waals surface area contributed by atoms with Gasteiger partial charge in [-0.25, -0.2) is 0 Å². The number of rotatable bonds is 8. The number of hydrogen-bond donors (Lipinski definition) is 2. The third-order valence-electron chi connectivity index (χ3n) is 3.70. The van der Waals surface area contributed by atoms with Crippen molar-refractivity contribution in [2.45, 2.75) is 52.6 Å². The summed E-state index contributed by atoms with van der Waals surface area (Å²) in [6.07, 6.45) is -5.77. The predicted octanol–water partition coefficient (Wildman–Crippen LogP) is 3.58. The lowest BCUT2D eigenvalue weighted by atomic mass is 9.87. The Balaban J connectivity index is 2.89. The van der Waals surface area contributed by atoms with Crippen LogP contribution in [0.25, 0.3) is 0 Å². The number of alkyl halides is 3. The maximum absolute atomic E-state index is 12.4. The van der Waals surface area contributed by atoms with Crippen molar-refractivity contribution < 1.29 is 32.5 Å². The summed E-state index contributed by atoms with van der Waals surface area (Å²) >= 11 is 0. The van der Waals surface area contributed by atoms with Crippen LogP contribution in [0.4, 0.5) is 13.2 Å². The van der Waals surface area contributed by atoms with E-state index < -0.39 is 29.8 Å². The van der Waals surface area contributed by atoms with E-state index in [0.29, 0.717) is 12.2 Å². The SMILES string of the molecule is CCOC[C@H](NC(=O)CC(O)C(C)(C)C)c1cccc(OC(F)(F)F)c1. The van der Waals surface area contributed by atoms with Crippen molar-refractivity contribution in [3.8, 4) is 5.75 Å². The van der Waals surface area contributed by atoms with Crippen molar-refractivity contribution in [2.24, 2.45) is 5.41 Å². The molecule has 0 bridgehead atoms. The Bertz CT molecular complexity index is 585. The average molecular weight is 377 g/mol. The topological polar surface area (TPSA) is 67.8 Å². The molecule has 0 radical (unpaired) electrons. The Labute approximate surface area is 151 Å². The van der Waals surface area contributed by atoms with Crippen LogP contribution in [0.5, 0.6) is 5.75 Å². The number of benzene rings is 1. The van der Waals surface area contributed by atoms with Gasteiger partial charge in [-0.05, 0) is 30.0 Å². The molecule has 0 aromatic heterocycles. The fourth-order valence-electron chi connectivity index (χ4n) is 2.12. The molecule has 0 heterocycles. The fourth-order valence-corrected chi connectivity index (χ4v) is 2.12. The summed E-state index contributed by atoms with van der Waals surface area (Å²) in [5.41, 5.74) is -0.0495. The van der Waals surface area contributed by atoms with Gasteiger partial charge in [0.15, 0.2) is 0 Å². The van der Waals surface area contributed by atoms with Crippen molar-refractivity contribution in [1.29, 1.82) is 0 Å². The zero-order chi connectivity index (χ0) is 20.0. The number of aliphatic hydroxyl groups excluding tert-OH is 1. The van der Waals surface area contributed by atoms with E-state index in [2.05, 4.69) is 10.1 Å². The number of aliphatic hydroxyl groups is 1. The van der Waals surface area contributed by atoms with Crippen LogP contribution < -0.4 is 10.1 Å². The molecule has 0 aliphatic heterocycles. The van der Waals surface area contributed by atoms with Crippen LogP contribution in [-0.4, -0.2) is 36.7 Å². The van der Waals surface area contributed by atoms with Gasteiger partial charge in [-0.15, -0.1) is 13.2 Å². The number of hydrogen-bond acceptors (Lipinski definition) is 4. The molecule has 1 amide bonds. The second kappa shape index (κ2) is 9.23. The third kappa shape index (κ3) is 8.05. The van der Waals surface area contributed by atoms with Gasteiger partial charge in [0.1, 0.15) is 5.75 Å². The normalized spacial score (nSPS) is 14.6. The molecule has 1 aromatic rings. The van der Waals surface area contributed by atoms with Gasteiger partial charge in [-0.3, -0.25) is 4.79 Å². The Kier molecular flexibility index (Phi) is 7.89. The summed E-state index contributed by atoms with van der Waals surface area (Å²) in [5.74, 6) is -0.792. The van der Waals surface area contributed by atoms with Crippen LogP contribution in [0.2, 0.25) is 0 Å². The molecule has 0 saturated carbocycles. The highest BCUT2D eigenvalue weighted by Gasteiger charge is 2.31. The second-order valence-electron chi connectivity index (χ2n) is 6.99. The molecule has 0 spiro atoms. The number of carbonyl (C=O) groups is 1. The minimum absolute atomic E-state index is 0.0866. The Morgan fingerprint density at radius 1 is 1.27 bits per heavy atom. The minimum Gasteiger partial charge on any atom is -0.406 e. The molecule has 0 aliphatic carbocycles. The molecule has 148 valence electrons. The van der Waals surface area contributed by atoms with Crippen molar-refractivity contribution in [3.05, 3.63) is 29.8 Å². The molecule has 0 saturated heterocycles. The first kappa shape index (κ1) is 22.2. The quantitative estimate of drug-likeness (QED) is 0.727. The van der Waals surface area contributed by atoms with Crippen LogP contribution in [0.15, 0.2) is 24.3 Å². The number of halogens is 3. The lowest BCUT2D eigenvalue weighted by molar-refractivity contribution is -0.274. The van der Waals surface area contributed by atoms with Gasteiger partial charge in [0.05, 0.1) is 25.2 Å². The van der Waals surface area contributed by atoms with Crippen LogP contribution in [0.3, 0.4) is 0 Å². The molecule has 1 rings (SSSR count). The molecular formula is C18H26F3NO4. The molecule has 0 fully saturated rings. The highest BCUT2D eigenvalue weighted by molar-refractivity contribution is 5.77. The molecule has 1 aromatic carbocycles. The molecule has 26 heavy (non-hydrogen) atoms. The zero-order valence-electron chi connectivity index (χ0n) is 15.4. The van der Waals surface area contributed by atoms with Gasteiger partial charge in [-0.2, -0.15) is 0 Å². The maximum Gasteiger partial charge on any atom is 0.573 e. The molecule has 2 atom stereocenters. The van der Waals surface area contributed by atoms with E-state index in [0.717, 1.165) is 0 Å². The van der Waals surface area contributed by atoms with E-state index >= 15 is 0 Å². The summed E-state index contributed by atoms with van der Waals surface area (Å²) in [6, 6.07) is 4.71. The summed E-state index contributed by atoms with van der Waals surface area (Å²) in [7, 11) is 0. The standard InChI is InChI=1S/C18H26F3NO4/c1-5-25-11-14(22-16(24)10-15(23)17(2,3)4)12-7-6-8-13(9-12)26-18(19,20)21/h6-9,14-15,23H,5,10-11H2,1-4H3,(H,22,24)/t14-,15?/m0/s1. The van der Waals surface area contributed by atoms with E-state index in [4.69, 9.17) is 4.74 Å². The van der Waals surface area contributed by atoms with Crippen molar-refractivity contribution in [1.82, 2.24) is 5.32 Å². The average Bonchev–Trinajstić information content (AvgIpc) is 2.49. The van der Waals surface area contributed by atoms with E-state index in [1.165, 1.54) is 18.2 Å². The number of amides is 1. The van der Waals surface area contributed by atoms with E-state index in [1.807, 2.05) is 0 Å². The Hall–Kier alpha value is -1.80. The second-order valence-corrected chi connectivity index (χ2v) is 6.99. The van der Waals surface area contributed by atoms with Crippen LogP contribution in [0.1, 0.15) is 45.7 Å². The van der Waals surface area contributed by atoms with Crippen molar-refractivity contribution in [2.75, 3.05) is 13.2 Å². The zero-order valence-corrected chi connectivity index (χ0v) is 15.4. The van der Waals surface area contributed by atoms with Gasteiger partial charge in [0.25, 0.3) is 0 Å². The summed E-state index contributed by atoms with van der Waals surface area (Å²) in [4.78, 5) is 12.2. The molecular weight excluding hydrogens is 351 g/mol. The minimum atomic E-state index is -4.80. The Morgan fingerprint density at radius 3 is 2.46 bits per heavy atom. The summed E-state index contributed by atoms with van der Waals surface area (Å²) in [6.45, 7) is 7.66. The van der Waals surface area contributed by atoms with Gasteiger partial charge in [0, 0.05) is 6.61 Å². The van der Waals surface area contributed by atoms with Crippen LogP contribution in [0, 0.1) is 5.41 Å². The lowest BCUT2D eigenvalue weighted by Gasteiger charge is -2.26. The predicted molar refractivity (Wildman–Crippen MR) is 90.6 cm³/mol. The number of carbonyl (C=O) groups excluding carboxylic acids is 1. The van der Waals surface area contributed by atoms with Crippen molar-refractivity contribution >= 4 is 5.91 Å². The fraction of sp³-hybridized carbons (Fsp3) is 0.611. The monoisotopic (exact) mass is 377 g/mol. The third-order valence-corrected chi connectivity index (χ3v) is 3.70. The van der Waals surface area contributed by atoms with Crippen LogP contribution in [-0.2, 0) is 9.53 Å². The van der Waals surface area contributed by atoms with E-state index in [-0.39, 0.29) is 18.8 Å². The van der Waals surface area contributed by atoms with E-state index in [1.54, 1.807) is 33.8 Å². The number of ether oxygens (including phenoxy) is 2. The van der Waals surface area contributed by atoms with Gasteiger partial charge >= 0.3 is 6.36 Å². The highest BCUT2D eigenvalue weighted by atomic mass is 19.4. The first-order chi connectivity index (χ1) is 11.9. The first-order valence-electron chi connectivity index (χ1n) is 8.33. The van der Waals surface area contributed by atoms with E-state index in [9.17, 15) is 23.1 Å². The molecule has 8 heteroatoms. The van der Waals surface area contributed by atoms with Crippen molar-refractivity contribution in [3.63, 3.8) is 0 Å². The molecule has 1 unspecified atom stereocenters. The molecule has 0 aliphatic rings. The molecule has 2 N–H and O–H groups in total. The van der Waals surface area contributed by atoms with Gasteiger partial charge in [0.2, 0.25) is 5.91 Å². The number of nitrogens with one attached hydrogen (secondary N) is 1. The van der Waals surface area contributed by atoms with Gasteiger partial charge in [-0.1, -0.05) is 32.9 Å². The Morgan fingerprint density at radius 2 is 1.92 bits per heavy atom.